The second kappa shape index (κ2) is 6.18. The Morgan fingerprint density at radius 1 is 1.00 bits per heavy atom. The van der Waals surface area contributed by atoms with Crippen molar-refractivity contribution in [3.63, 3.8) is 0 Å². The SMILES string of the molecule is Cc1ccc(CCCN2CCN(C)CC2)cc1. The Kier molecular flexibility index (Phi) is 4.57. The van der Waals surface area contributed by atoms with Crippen LogP contribution in [0.3, 0.4) is 0 Å². The quantitative estimate of drug-likeness (QED) is 0.785. The summed E-state index contributed by atoms with van der Waals surface area (Å²) in [6.07, 6.45) is 2.50. The van der Waals surface area contributed by atoms with Crippen LogP contribution in [0.15, 0.2) is 24.3 Å². The fourth-order valence-corrected chi connectivity index (χ4v) is 2.33. The highest BCUT2D eigenvalue weighted by molar-refractivity contribution is 5.21. The third kappa shape index (κ3) is 4.14. The van der Waals surface area contributed by atoms with Gasteiger partial charge in [0.1, 0.15) is 0 Å². The van der Waals surface area contributed by atoms with Crippen molar-refractivity contribution in [3.05, 3.63) is 35.4 Å². The molecule has 0 aromatic heterocycles. The molecule has 0 radical (unpaired) electrons. The first-order valence-corrected chi connectivity index (χ1v) is 6.70. The average molecular weight is 232 g/mol. The van der Waals surface area contributed by atoms with E-state index in [9.17, 15) is 0 Å². The number of piperazine rings is 1. The third-order valence-electron chi connectivity index (χ3n) is 3.66. The molecule has 2 heteroatoms. The fourth-order valence-electron chi connectivity index (χ4n) is 2.33. The van der Waals surface area contributed by atoms with E-state index in [4.69, 9.17) is 0 Å². The maximum absolute atomic E-state index is 2.59. The molecular formula is C15H24N2. The molecule has 1 aliphatic rings. The van der Waals surface area contributed by atoms with Gasteiger partial charge in [0.15, 0.2) is 0 Å². The summed E-state index contributed by atoms with van der Waals surface area (Å²) in [5.41, 5.74) is 2.83. The molecule has 1 aromatic carbocycles. The van der Waals surface area contributed by atoms with Crippen LogP contribution in [0.5, 0.6) is 0 Å². The standard InChI is InChI=1S/C15H24N2/c1-14-5-7-15(8-6-14)4-3-9-17-12-10-16(2)11-13-17/h5-8H,3-4,9-13H2,1-2H3. The van der Waals surface area contributed by atoms with Crippen molar-refractivity contribution in [2.75, 3.05) is 39.8 Å². The van der Waals surface area contributed by atoms with Crippen LogP contribution < -0.4 is 0 Å². The highest BCUT2D eigenvalue weighted by Crippen LogP contribution is 2.07. The van der Waals surface area contributed by atoms with Crippen molar-refractivity contribution in [2.24, 2.45) is 0 Å². The molecule has 0 saturated carbocycles. The molecule has 94 valence electrons. The molecule has 1 heterocycles. The van der Waals surface area contributed by atoms with Crippen LogP contribution in [-0.2, 0) is 6.42 Å². The van der Waals surface area contributed by atoms with E-state index in [0.29, 0.717) is 0 Å². The van der Waals surface area contributed by atoms with E-state index in [-0.39, 0.29) is 0 Å². The zero-order valence-electron chi connectivity index (χ0n) is 11.2. The number of nitrogens with zero attached hydrogens (tertiary/aromatic N) is 2. The zero-order chi connectivity index (χ0) is 12.1. The van der Waals surface area contributed by atoms with Crippen LogP contribution in [0.4, 0.5) is 0 Å². The second-order valence-corrected chi connectivity index (χ2v) is 5.23. The summed E-state index contributed by atoms with van der Waals surface area (Å²) < 4.78 is 0. The molecule has 2 rings (SSSR count). The molecular weight excluding hydrogens is 208 g/mol. The highest BCUT2D eigenvalue weighted by atomic mass is 15.2. The van der Waals surface area contributed by atoms with E-state index in [0.717, 1.165) is 0 Å². The van der Waals surface area contributed by atoms with Crippen molar-refractivity contribution >= 4 is 0 Å². The first-order valence-electron chi connectivity index (χ1n) is 6.70. The Labute approximate surface area is 105 Å². The van der Waals surface area contributed by atoms with Gasteiger partial charge >= 0.3 is 0 Å². The highest BCUT2D eigenvalue weighted by Gasteiger charge is 2.12. The molecule has 1 aliphatic heterocycles. The minimum absolute atomic E-state index is 1.21. The second-order valence-electron chi connectivity index (χ2n) is 5.23. The van der Waals surface area contributed by atoms with Gasteiger partial charge in [0.25, 0.3) is 0 Å². The van der Waals surface area contributed by atoms with Gasteiger partial charge in [-0.1, -0.05) is 29.8 Å². The lowest BCUT2D eigenvalue weighted by molar-refractivity contribution is 0.153. The van der Waals surface area contributed by atoms with Gasteiger partial charge in [-0.05, 0) is 38.9 Å². The molecule has 0 amide bonds. The van der Waals surface area contributed by atoms with Gasteiger partial charge in [-0.15, -0.1) is 0 Å². The predicted octanol–water partition coefficient (Wildman–Crippen LogP) is 2.18. The van der Waals surface area contributed by atoms with E-state index >= 15 is 0 Å². The fraction of sp³-hybridized carbons (Fsp3) is 0.600. The van der Waals surface area contributed by atoms with Crippen LogP contribution in [-0.4, -0.2) is 49.6 Å². The van der Waals surface area contributed by atoms with E-state index in [1.165, 1.54) is 56.7 Å². The zero-order valence-corrected chi connectivity index (χ0v) is 11.2. The molecule has 0 atom stereocenters. The molecule has 0 unspecified atom stereocenters. The van der Waals surface area contributed by atoms with Gasteiger partial charge < -0.3 is 9.80 Å². The van der Waals surface area contributed by atoms with E-state index in [2.05, 4.69) is 48.0 Å². The maximum atomic E-state index is 2.59. The summed E-state index contributed by atoms with van der Waals surface area (Å²) in [5, 5.41) is 0. The number of hydrogen-bond acceptors (Lipinski definition) is 2. The molecule has 17 heavy (non-hydrogen) atoms. The molecule has 0 bridgehead atoms. The average Bonchev–Trinajstić information content (AvgIpc) is 2.34. The normalized spacial score (nSPS) is 18.5. The molecule has 2 nitrogen and oxygen atoms in total. The van der Waals surface area contributed by atoms with Gasteiger partial charge in [0.2, 0.25) is 0 Å². The number of rotatable bonds is 4. The summed E-state index contributed by atoms with van der Waals surface area (Å²) in [7, 11) is 2.21. The van der Waals surface area contributed by atoms with Crippen LogP contribution in [0.2, 0.25) is 0 Å². The van der Waals surface area contributed by atoms with Crippen LogP contribution in [0, 0.1) is 6.92 Å². The summed E-state index contributed by atoms with van der Waals surface area (Å²) in [6.45, 7) is 8.33. The third-order valence-corrected chi connectivity index (χ3v) is 3.66. The lowest BCUT2D eigenvalue weighted by Crippen LogP contribution is -2.44. The Balaban J connectivity index is 1.67. The number of benzene rings is 1. The topological polar surface area (TPSA) is 6.48 Å². The smallest absolute Gasteiger partial charge is 0.0110 e. The molecule has 1 fully saturated rings. The maximum Gasteiger partial charge on any atom is 0.0110 e. The Hall–Kier alpha value is -0.860. The summed E-state index contributed by atoms with van der Waals surface area (Å²) >= 11 is 0. The number of aryl methyl sites for hydroxylation is 2. The van der Waals surface area contributed by atoms with Crippen molar-refractivity contribution in [3.8, 4) is 0 Å². The van der Waals surface area contributed by atoms with Gasteiger partial charge in [0.05, 0.1) is 0 Å². The first-order chi connectivity index (χ1) is 8.24. The Morgan fingerprint density at radius 3 is 2.29 bits per heavy atom. The Bertz CT molecular complexity index is 323. The molecule has 0 N–H and O–H groups in total. The van der Waals surface area contributed by atoms with Crippen molar-refractivity contribution in [1.29, 1.82) is 0 Å². The van der Waals surface area contributed by atoms with E-state index in [1.807, 2.05) is 0 Å². The van der Waals surface area contributed by atoms with E-state index in [1.54, 1.807) is 0 Å². The van der Waals surface area contributed by atoms with Gasteiger partial charge in [-0.25, -0.2) is 0 Å². The number of likely N-dealkylation sites (N-methyl/N-ethyl adjacent to an activating group) is 1. The van der Waals surface area contributed by atoms with Gasteiger partial charge in [0, 0.05) is 26.2 Å². The molecule has 1 aromatic rings. The molecule has 1 saturated heterocycles. The summed E-state index contributed by atoms with van der Waals surface area (Å²) in [5.74, 6) is 0. The van der Waals surface area contributed by atoms with Crippen molar-refractivity contribution in [2.45, 2.75) is 19.8 Å². The van der Waals surface area contributed by atoms with Crippen LogP contribution >= 0.6 is 0 Å². The first kappa shape index (κ1) is 12.6. The largest absolute Gasteiger partial charge is 0.304 e. The summed E-state index contributed by atoms with van der Waals surface area (Å²) in [4.78, 5) is 5.00. The summed E-state index contributed by atoms with van der Waals surface area (Å²) in [6, 6.07) is 8.95. The predicted molar refractivity (Wildman–Crippen MR) is 73.4 cm³/mol. The van der Waals surface area contributed by atoms with E-state index < -0.39 is 0 Å². The van der Waals surface area contributed by atoms with Crippen LogP contribution in [0.1, 0.15) is 17.5 Å². The van der Waals surface area contributed by atoms with Crippen molar-refractivity contribution < 1.29 is 0 Å². The minimum atomic E-state index is 1.21. The number of hydrogen-bond donors (Lipinski definition) is 0. The van der Waals surface area contributed by atoms with Gasteiger partial charge in [-0.2, -0.15) is 0 Å². The lowest BCUT2D eigenvalue weighted by Gasteiger charge is -2.32. The lowest BCUT2D eigenvalue weighted by atomic mass is 10.1. The van der Waals surface area contributed by atoms with Crippen molar-refractivity contribution in [1.82, 2.24) is 9.80 Å². The Morgan fingerprint density at radius 2 is 1.65 bits per heavy atom. The monoisotopic (exact) mass is 232 g/mol. The minimum Gasteiger partial charge on any atom is -0.304 e. The molecule has 0 aliphatic carbocycles. The molecule has 0 spiro atoms. The van der Waals surface area contributed by atoms with Crippen LogP contribution in [0.25, 0.3) is 0 Å². The van der Waals surface area contributed by atoms with Gasteiger partial charge in [-0.3, -0.25) is 0 Å².